The van der Waals surface area contributed by atoms with E-state index in [-0.39, 0.29) is 0 Å². The molecule has 1 N–H and O–H groups in total. The van der Waals surface area contributed by atoms with Gasteiger partial charge in [0.1, 0.15) is 0 Å². The van der Waals surface area contributed by atoms with Crippen LogP contribution in [0.4, 0.5) is 5.69 Å². The lowest BCUT2D eigenvalue weighted by Gasteiger charge is -2.26. The number of hydrogen-bond acceptors (Lipinski definition) is 2. The fraction of sp³-hybridized carbons (Fsp3) is 0.278. The van der Waals surface area contributed by atoms with Crippen molar-refractivity contribution in [2.45, 2.75) is 13.0 Å². The molecule has 2 aromatic carbocycles. The standard InChI is InChI=1S/C18H22N2S2/c1-22-14-8-13-19-18(21)20(17-11-6-3-7-12-17)15-16-9-4-2-5-10-16/h2-7,9-12H,8,13-15H2,1H3,(H,19,21). The van der Waals surface area contributed by atoms with Crippen LogP contribution in [0.5, 0.6) is 0 Å². The summed E-state index contributed by atoms with van der Waals surface area (Å²) in [6.45, 7) is 1.69. The summed E-state index contributed by atoms with van der Waals surface area (Å²) in [7, 11) is 0. The molecule has 2 rings (SSSR count). The van der Waals surface area contributed by atoms with Crippen molar-refractivity contribution in [3.8, 4) is 0 Å². The molecule has 0 aromatic heterocycles. The summed E-state index contributed by atoms with van der Waals surface area (Å²) in [4.78, 5) is 2.16. The van der Waals surface area contributed by atoms with Crippen LogP contribution in [-0.4, -0.2) is 23.7 Å². The van der Waals surface area contributed by atoms with Crippen molar-refractivity contribution in [3.63, 3.8) is 0 Å². The van der Waals surface area contributed by atoms with Crippen LogP contribution in [0.1, 0.15) is 12.0 Å². The molecule has 0 bridgehead atoms. The Morgan fingerprint density at radius 2 is 1.68 bits per heavy atom. The van der Waals surface area contributed by atoms with Crippen LogP contribution < -0.4 is 10.2 Å². The molecule has 0 aliphatic heterocycles. The predicted molar refractivity (Wildman–Crippen MR) is 103 cm³/mol. The van der Waals surface area contributed by atoms with Gasteiger partial charge in [0.05, 0.1) is 6.54 Å². The molecule has 2 aromatic rings. The molecule has 0 amide bonds. The van der Waals surface area contributed by atoms with Gasteiger partial charge >= 0.3 is 0 Å². The number of hydrogen-bond donors (Lipinski definition) is 1. The monoisotopic (exact) mass is 330 g/mol. The van der Waals surface area contributed by atoms with Gasteiger partial charge in [-0.3, -0.25) is 0 Å². The van der Waals surface area contributed by atoms with E-state index in [9.17, 15) is 0 Å². The Hall–Kier alpha value is -1.52. The van der Waals surface area contributed by atoms with Gasteiger partial charge in [-0.15, -0.1) is 0 Å². The molecule has 0 saturated carbocycles. The van der Waals surface area contributed by atoms with Crippen LogP contribution in [0.2, 0.25) is 0 Å². The van der Waals surface area contributed by atoms with Crippen LogP contribution in [0.3, 0.4) is 0 Å². The highest BCUT2D eigenvalue weighted by Gasteiger charge is 2.12. The largest absolute Gasteiger partial charge is 0.362 e. The fourth-order valence-corrected chi connectivity index (χ4v) is 2.87. The molecule has 4 heteroatoms. The van der Waals surface area contributed by atoms with Crippen LogP contribution >= 0.6 is 24.0 Å². The SMILES string of the molecule is CSCCCNC(=S)N(Cc1ccccc1)c1ccccc1. The van der Waals surface area contributed by atoms with Crippen LogP contribution in [0.25, 0.3) is 0 Å². The van der Waals surface area contributed by atoms with E-state index in [0.717, 1.165) is 36.1 Å². The third-order valence-corrected chi connectivity index (χ3v) is 4.36. The summed E-state index contributed by atoms with van der Waals surface area (Å²) in [5.41, 5.74) is 2.37. The van der Waals surface area contributed by atoms with Gasteiger partial charge < -0.3 is 10.2 Å². The highest BCUT2D eigenvalue weighted by molar-refractivity contribution is 7.98. The number of nitrogens with zero attached hydrogens (tertiary/aromatic N) is 1. The first-order valence-corrected chi connectivity index (χ1v) is 9.25. The number of benzene rings is 2. The summed E-state index contributed by atoms with van der Waals surface area (Å²) in [5.74, 6) is 1.15. The highest BCUT2D eigenvalue weighted by atomic mass is 32.2. The topological polar surface area (TPSA) is 15.3 Å². The minimum Gasteiger partial charge on any atom is -0.362 e. The molecule has 0 saturated heterocycles. The van der Waals surface area contributed by atoms with Crippen molar-refractivity contribution in [2.75, 3.05) is 23.5 Å². The molecule has 22 heavy (non-hydrogen) atoms. The smallest absolute Gasteiger partial charge is 0.173 e. The van der Waals surface area contributed by atoms with Crippen molar-refractivity contribution >= 4 is 34.8 Å². The number of para-hydroxylation sites is 1. The summed E-state index contributed by atoms with van der Waals surface area (Å²) in [5, 5.41) is 4.17. The minimum atomic E-state index is 0.777. The lowest BCUT2D eigenvalue weighted by Crippen LogP contribution is -2.40. The van der Waals surface area contributed by atoms with Crippen LogP contribution in [0, 0.1) is 0 Å². The Kier molecular flexibility index (Phi) is 7.26. The van der Waals surface area contributed by atoms with Gasteiger partial charge in [0.2, 0.25) is 0 Å². The average Bonchev–Trinajstić information content (AvgIpc) is 2.58. The highest BCUT2D eigenvalue weighted by Crippen LogP contribution is 2.17. The van der Waals surface area contributed by atoms with Gasteiger partial charge in [-0.25, -0.2) is 0 Å². The second-order valence-corrected chi connectivity index (χ2v) is 6.36. The van der Waals surface area contributed by atoms with Gasteiger partial charge in [0, 0.05) is 12.2 Å². The molecular weight excluding hydrogens is 308 g/mol. The second kappa shape index (κ2) is 9.49. The van der Waals surface area contributed by atoms with E-state index < -0.39 is 0 Å². The van der Waals surface area contributed by atoms with E-state index in [0.29, 0.717) is 0 Å². The van der Waals surface area contributed by atoms with Crippen LogP contribution in [0.15, 0.2) is 60.7 Å². The maximum atomic E-state index is 5.61. The zero-order chi connectivity index (χ0) is 15.6. The molecule has 0 fully saturated rings. The van der Waals surface area contributed by atoms with Gasteiger partial charge in [-0.2, -0.15) is 11.8 Å². The van der Waals surface area contributed by atoms with Crippen molar-refractivity contribution < 1.29 is 0 Å². The van der Waals surface area contributed by atoms with Gasteiger partial charge in [0.25, 0.3) is 0 Å². The summed E-state index contributed by atoms with van der Waals surface area (Å²) in [6, 6.07) is 20.7. The Balaban J connectivity index is 2.06. The fourth-order valence-electron chi connectivity index (χ4n) is 2.16. The molecule has 0 unspecified atom stereocenters. The first kappa shape index (κ1) is 16.8. The van der Waals surface area contributed by atoms with Gasteiger partial charge in [-0.1, -0.05) is 48.5 Å². The molecule has 0 aliphatic carbocycles. The van der Waals surface area contributed by atoms with E-state index in [1.54, 1.807) is 0 Å². The normalized spacial score (nSPS) is 10.2. The molecule has 0 aliphatic rings. The first-order valence-electron chi connectivity index (χ1n) is 7.44. The molecule has 116 valence electrons. The number of rotatable bonds is 7. The van der Waals surface area contributed by atoms with Crippen LogP contribution in [-0.2, 0) is 6.54 Å². The maximum Gasteiger partial charge on any atom is 0.173 e. The third kappa shape index (κ3) is 5.35. The Morgan fingerprint density at radius 3 is 2.32 bits per heavy atom. The Morgan fingerprint density at radius 1 is 1.05 bits per heavy atom. The van der Waals surface area contributed by atoms with Crippen molar-refractivity contribution in [2.24, 2.45) is 0 Å². The van der Waals surface area contributed by atoms with Crippen molar-refractivity contribution in [1.82, 2.24) is 5.32 Å². The molecule has 0 atom stereocenters. The second-order valence-electron chi connectivity index (χ2n) is 4.99. The van der Waals surface area contributed by atoms with E-state index >= 15 is 0 Å². The lowest BCUT2D eigenvalue weighted by molar-refractivity contribution is 0.831. The average molecular weight is 331 g/mol. The summed E-state index contributed by atoms with van der Waals surface area (Å²) >= 11 is 7.48. The number of nitrogens with one attached hydrogen (secondary N) is 1. The van der Waals surface area contributed by atoms with E-state index in [1.165, 1.54) is 5.56 Å². The lowest BCUT2D eigenvalue weighted by atomic mass is 10.2. The Bertz CT molecular complexity index is 558. The number of thioether (sulfide) groups is 1. The molecular formula is C18H22N2S2. The zero-order valence-corrected chi connectivity index (χ0v) is 14.5. The summed E-state index contributed by atoms with van der Waals surface area (Å²) < 4.78 is 0. The third-order valence-electron chi connectivity index (χ3n) is 3.30. The van der Waals surface area contributed by atoms with Gasteiger partial charge in [-0.05, 0) is 48.3 Å². The van der Waals surface area contributed by atoms with Crippen molar-refractivity contribution in [3.05, 3.63) is 66.2 Å². The predicted octanol–water partition coefficient (Wildman–Crippen LogP) is 4.32. The van der Waals surface area contributed by atoms with Crippen molar-refractivity contribution in [1.29, 1.82) is 0 Å². The zero-order valence-electron chi connectivity index (χ0n) is 12.9. The molecule has 0 spiro atoms. The van der Waals surface area contributed by atoms with E-state index in [4.69, 9.17) is 12.2 Å². The van der Waals surface area contributed by atoms with E-state index in [2.05, 4.69) is 52.9 Å². The quantitative estimate of drug-likeness (QED) is 0.600. The number of thiocarbonyl (C=S) groups is 1. The molecule has 0 heterocycles. The minimum absolute atomic E-state index is 0.777. The first-order chi connectivity index (χ1) is 10.8. The number of anilines is 1. The Labute approximate surface area is 142 Å². The van der Waals surface area contributed by atoms with E-state index in [1.807, 2.05) is 36.0 Å². The maximum absolute atomic E-state index is 5.61. The molecule has 2 nitrogen and oxygen atoms in total. The van der Waals surface area contributed by atoms with Gasteiger partial charge in [0.15, 0.2) is 5.11 Å². The molecule has 0 radical (unpaired) electrons. The summed E-state index contributed by atoms with van der Waals surface area (Å²) in [6.07, 6.45) is 3.25.